The zero-order chi connectivity index (χ0) is 21.3. The molecule has 0 radical (unpaired) electrons. The maximum Gasteiger partial charge on any atom is 0.251 e. The third kappa shape index (κ3) is 6.95. The summed E-state index contributed by atoms with van der Waals surface area (Å²) in [6.07, 6.45) is 1.20. The summed E-state index contributed by atoms with van der Waals surface area (Å²) in [5.74, 6) is 0.734. The van der Waals surface area contributed by atoms with Crippen LogP contribution in [-0.4, -0.2) is 44.5 Å². The normalized spacial score (nSPS) is 15.2. The van der Waals surface area contributed by atoms with Crippen LogP contribution in [0.5, 0.6) is 0 Å². The molecule has 0 saturated heterocycles. The number of guanidine groups is 1. The van der Waals surface area contributed by atoms with Gasteiger partial charge in [0.05, 0.1) is 6.54 Å². The van der Waals surface area contributed by atoms with Crippen LogP contribution in [0.4, 0.5) is 5.69 Å². The van der Waals surface area contributed by atoms with Crippen LogP contribution in [0.1, 0.15) is 40.7 Å². The van der Waals surface area contributed by atoms with Crippen molar-refractivity contribution in [2.75, 3.05) is 32.0 Å². The Kier molecular flexibility index (Phi) is 9.77. The van der Waals surface area contributed by atoms with E-state index in [1.807, 2.05) is 43.3 Å². The van der Waals surface area contributed by atoms with E-state index in [2.05, 4.69) is 27.3 Å². The Morgan fingerprint density at radius 1 is 1.16 bits per heavy atom. The Balaban J connectivity index is 0.00000341. The molecule has 1 atom stereocenters. The molecular weight excluding hydrogens is 505 g/mol. The number of para-hydroxylation sites is 1. The molecular formula is C23H30IN5O2. The fraction of sp³-hybridized carbons (Fsp3) is 0.348. The summed E-state index contributed by atoms with van der Waals surface area (Å²) < 4.78 is 0. The number of carbonyl (C=O) groups is 2. The minimum Gasteiger partial charge on any atom is -0.357 e. The number of hydrogen-bond acceptors (Lipinski definition) is 3. The van der Waals surface area contributed by atoms with Crippen molar-refractivity contribution in [3.8, 4) is 0 Å². The first-order valence-electron chi connectivity index (χ1n) is 10.3. The standard InChI is InChI=1S/C23H29N5O2.HI/c1-3-25-23(26-12-11-16-7-6-8-17(13-16)22(30)24-2)27-15-18-14-21(29)28-20-10-5-4-9-19(18)20;/h4-10,13,18H,3,11-12,14-15H2,1-2H3,(H,24,30)(H,28,29)(H2,25,26,27);1H. The fourth-order valence-electron chi connectivity index (χ4n) is 3.55. The number of benzene rings is 2. The second kappa shape index (κ2) is 12.3. The average molecular weight is 535 g/mol. The smallest absolute Gasteiger partial charge is 0.251 e. The summed E-state index contributed by atoms with van der Waals surface area (Å²) in [6.45, 7) is 3.99. The van der Waals surface area contributed by atoms with Crippen molar-refractivity contribution >= 4 is 47.4 Å². The first-order chi connectivity index (χ1) is 14.6. The molecule has 1 heterocycles. The van der Waals surface area contributed by atoms with Crippen LogP contribution in [-0.2, 0) is 11.2 Å². The third-order valence-corrected chi connectivity index (χ3v) is 5.04. The maximum atomic E-state index is 12.0. The van der Waals surface area contributed by atoms with E-state index >= 15 is 0 Å². The molecule has 7 nitrogen and oxygen atoms in total. The van der Waals surface area contributed by atoms with Gasteiger partial charge in [0, 0.05) is 43.7 Å². The van der Waals surface area contributed by atoms with Crippen molar-refractivity contribution in [1.29, 1.82) is 0 Å². The van der Waals surface area contributed by atoms with Crippen LogP contribution in [0.2, 0.25) is 0 Å². The molecule has 31 heavy (non-hydrogen) atoms. The number of hydrogen-bond donors (Lipinski definition) is 4. The Morgan fingerprint density at radius 2 is 1.97 bits per heavy atom. The van der Waals surface area contributed by atoms with Gasteiger partial charge in [0.15, 0.2) is 5.96 Å². The molecule has 2 aromatic carbocycles. The van der Waals surface area contributed by atoms with Gasteiger partial charge in [-0.2, -0.15) is 0 Å². The molecule has 0 saturated carbocycles. The zero-order valence-electron chi connectivity index (χ0n) is 17.9. The van der Waals surface area contributed by atoms with E-state index in [0.717, 1.165) is 35.7 Å². The van der Waals surface area contributed by atoms with Crippen molar-refractivity contribution in [3.63, 3.8) is 0 Å². The number of nitrogens with zero attached hydrogens (tertiary/aromatic N) is 1. The monoisotopic (exact) mass is 535 g/mol. The SMILES string of the molecule is CCNC(=NCC1CC(=O)Nc2ccccc21)NCCc1cccc(C(=O)NC)c1.I. The van der Waals surface area contributed by atoms with Gasteiger partial charge < -0.3 is 21.3 Å². The second-order valence-electron chi connectivity index (χ2n) is 7.21. The highest BCUT2D eigenvalue weighted by atomic mass is 127. The van der Waals surface area contributed by atoms with Gasteiger partial charge in [-0.15, -0.1) is 24.0 Å². The van der Waals surface area contributed by atoms with Crippen LogP contribution in [0.15, 0.2) is 53.5 Å². The summed E-state index contributed by atoms with van der Waals surface area (Å²) in [6, 6.07) is 15.5. The predicted molar refractivity (Wildman–Crippen MR) is 135 cm³/mol. The topological polar surface area (TPSA) is 94.6 Å². The molecule has 2 aromatic rings. The molecule has 0 bridgehead atoms. The summed E-state index contributed by atoms with van der Waals surface area (Å²) in [7, 11) is 1.63. The Bertz CT molecular complexity index is 932. The number of nitrogens with one attached hydrogen (secondary N) is 4. The number of carbonyl (C=O) groups excluding carboxylic acids is 2. The number of halogens is 1. The highest BCUT2D eigenvalue weighted by molar-refractivity contribution is 14.0. The second-order valence-corrected chi connectivity index (χ2v) is 7.21. The zero-order valence-corrected chi connectivity index (χ0v) is 20.2. The van der Waals surface area contributed by atoms with E-state index in [9.17, 15) is 9.59 Å². The van der Waals surface area contributed by atoms with Crippen molar-refractivity contribution in [2.45, 2.75) is 25.7 Å². The molecule has 3 rings (SSSR count). The van der Waals surface area contributed by atoms with Gasteiger partial charge >= 0.3 is 0 Å². The van der Waals surface area contributed by atoms with Crippen molar-refractivity contribution in [2.24, 2.45) is 4.99 Å². The van der Waals surface area contributed by atoms with Crippen molar-refractivity contribution < 1.29 is 9.59 Å². The molecule has 166 valence electrons. The van der Waals surface area contributed by atoms with E-state index in [1.165, 1.54) is 0 Å². The third-order valence-electron chi connectivity index (χ3n) is 5.04. The van der Waals surface area contributed by atoms with Gasteiger partial charge in [0.25, 0.3) is 5.91 Å². The number of aliphatic imine (C=N–C) groups is 1. The van der Waals surface area contributed by atoms with E-state index < -0.39 is 0 Å². The molecule has 8 heteroatoms. The number of rotatable bonds is 7. The van der Waals surface area contributed by atoms with Crippen LogP contribution < -0.4 is 21.3 Å². The molecule has 0 fully saturated rings. The number of fused-ring (bicyclic) bond motifs is 1. The predicted octanol–water partition coefficient (Wildman–Crippen LogP) is 2.89. The lowest BCUT2D eigenvalue weighted by Crippen LogP contribution is -2.39. The quantitative estimate of drug-likeness (QED) is 0.249. The lowest BCUT2D eigenvalue weighted by molar-refractivity contribution is -0.116. The largest absolute Gasteiger partial charge is 0.357 e. The molecule has 0 aliphatic carbocycles. The molecule has 2 amide bonds. The molecule has 4 N–H and O–H groups in total. The molecule has 0 spiro atoms. The van der Waals surface area contributed by atoms with Gasteiger partial charge in [-0.25, -0.2) is 0 Å². The summed E-state index contributed by atoms with van der Waals surface area (Å²) >= 11 is 0. The summed E-state index contributed by atoms with van der Waals surface area (Å²) in [5, 5.41) is 12.2. The number of anilines is 1. The van der Waals surface area contributed by atoms with Crippen LogP contribution in [0.25, 0.3) is 0 Å². The molecule has 0 aromatic heterocycles. The molecule has 1 aliphatic heterocycles. The van der Waals surface area contributed by atoms with E-state index in [0.29, 0.717) is 25.1 Å². The fourth-order valence-corrected chi connectivity index (χ4v) is 3.55. The van der Waals surface area contributed by atoms with Gasteiger partial charge in [-0.3, -0.25) is 14.6 Å². The lowest BCUT2D eigenvalue weighted by atomic mass is 9.91. The summed E-state index contributed by atoms with van der Waals surface area (Å²) in [4.78, 5) is 28.5. The first-order valence-corrected chi connectivity index (χ1v) is 10.3. The average Bonchev–Trinajstić information content (AvgIpc) is 2.76. The Morgan fingerprint density at radius 3 is 2.74 bits per heavy atom. The van der Waals surface area contributed by atoms with Gasteiger partial charge in [-0.05, 0) is 42.7 Å². The summed E-state index contributed by atoms with van der Waals surface area (Å²) in [5.41, 5.74) is 3.74. The Hall–Kier alpha value is -2.62. The highest BCUT2D eigenvalue weighted by Gasteiger charge is 2.24. The van der Waals surface area contributed by atoms with Gasteiger partial charge in [0.1, 0.15) is 0 Å². The van der Waals surface area contributed by atoms with Crippen LogP contribution >= 0.6 is 24.0 Å². The number of amides is 2. The van der Waals surface area contributed by atoms with Crippen LogP contribution in [0, 0.1) is 0 Å². The van der Waals surface area contributed by atoms with Gasteiger partial charge in [0.2, 0.25) is 5.91 Å². The van der Waals surface area contributed by atoms with E-state index in [1.54, 1.807) is 13.1 Å². The van der Waals surface area contributed by atoms with E-state index in [4.69, 9.17) is 4.99 Å². The minimum absolute atomic E-state index is 0. The first kappa shape index (κ1) is 24.6. The van der Waals surface area contributed by atoms with Gasteiger partial charge in [-0.1, -0.05) is 30.3 Å². The van der Waals surface area contributed by atoms with Crippen LogP contribution in [0.3, 0.4) is 0 Å². The van der Waals surface area contributed by atoms with Crippen molar-refractivity contribution in [1.82, 2.24) is 16.0 Å². The highest BCUT2D eigenvalue weighted by Crippen LogP contribution is 2.31. The Labute approximate surface area is 200 Å². The minimum atomic E-state index is -0.0866. The molecule has 1 aliphatic rings. The van der Waals surface area contributed by atoms with E-state index in [-0.39, 0.29) is 41.7 Å². The lowest BCUT2D eigenvalue weighted by Gasteiger charge is -2.24. The maximum absolute atomic E-state index is 12.0. The molecule has 1 unspecified atom stereocenters. The van der Waals surface area contributed by atoms with Crippen molar-refractivity contribution in [3.05, 3.63) is 65.2 Å².